The lowest BCUT2D eigenvalue weighted by molar-refractivity contribution is 0.591. The van der Waals surface area contributed by atoms with Crippen molar-refractivity contribution in [3.8, 4) is 0 Å². The zero-order valence-electron chi connectivity index (χ0n) is 9.18. The first-order chi connectivity index (χ1) is 7.24. The fraction of sp³-hybridized carbons (Fsp3) is 0.600. The summed E-state index contributed by atoms with van der Waals surface area (Å²) in [6.45, 7) is 4.42. The van der Waals surface area contributed by atoms with Crippen LogP contribution in [0.3, 0.4) is 0 Å². The van der Waals surface area contributed by atoms with Gasteiger partial charge in [0.25, 0.3) is 0 Å². The third-order valence-electron chi connectivity index (χ3n) is 1.88. The average molecular weight is 226 g/mol. The molecule has 15 heavy (non-hydrogen) atoms. The second-order valence-electron chi connectivity index (χ2n) is 3.78. The SMILES string of the molecule is CC(C)CSCC(NN)c1cnccn1. The molecule has 0 aliphatic rings. The Hall–Kier alpha value is -0.650. The maximum absolute atomic E-state index is 5.49. The third kappa shape index (κ3) is 4.59. The Labute approximate surface area is 95.0 Å². The van der Waals surface area contributed by atoms with Gasteiger partial charge in [0.2, 0.25) is 0 Å². The lowest BCUT2D eigenvalue weighted by Gasteiger charge is -2.14. The summed E-state index contributed by atoms with van der Waals surface area (Å²) < 4.78 is 0. The Morgan fingerprint density at radius 1 is 1.40 bits per heavy atom. The van der Waals surface area contributed by atoms with Gasteiger partial charge in [-0.3, -0.25) is 21.2 Å². The number of hydrogen-bond donors (Lipinski definition) is 2. The molecular weight excluding hydrogens is 208 g/mol. The Kier molecular flexibility index (Phi) is 5.60. The normalized spacial score (nSPS) is 13.1. The van der Waals surface area contributed by atoms with E-state index in [9.17, 15) is 0 Å². The van der Waals surface area contributed by atoms with Crippen molar-refractivity contribution in [3.05, 3.63) is 24.3 Å². The van der Waals surface area contributed by atoms with E-state index >= 15 is 0 Å². The maximum atomic E-state index is 5.49. The van der Waals surface area contributed by atoms with Crippen LogP contribution in [-0.2, 0) is 0 Å². The van der Waals surface area contributed by atoms with Crippen molar-refractivity contribution in [2.75, 3.05) is 11.5 Å². The van der Waals surface area contributed by atoms with Crippen LogP contribution in [0.25, 0.3) is 0 Å². The lowest BCUT2D eigenvalue weighted by atomic mass is 10.2. The second kappa shape index (κ2) is 6.76. The van der Waals surface area contributed by atoms with Crippen molar-refractivity contribution in [2.24, 2.45) is 11.8 Å². The Morgan fingerprint density at radius 3 is 2.73 bits per heavy atom. The van der Waals surface area contributed by atoms with Crippen LogP contribution >= 0.6 is 11.8 Å². The molecule has 3 N–H and O–H groups in total. The Morgan fingerprint density at radius 2 is 2.20 bits per heavy atom. The van der Waals surface area contributed by atoms with Gasteiger partial charge in [-0.1, -0.05) is 13.8 Å². The van der Waals surface area contributed by atoms with Gasteiger partial charge in [0.15, 0.2) is 0 Å². The molecule has 5 heteroatoms. The first-order valence-electron chi connectivity index (χ1n) is 5.03. The molecule has 4 nitrogen and oxygen atoms in total. The number of rotatable bonds is 6. The van der Waals surface area contributed by atoms with Crippen LogP contribution < -0.4 is 11.3 Å². The average Bonchev–Trinajstić information content (AvgIpc) is 2.25. The van der Waals surface area contributed by atoms with E-state index in [4.69, 9.17) is 5.84 Å². The van der Waals surface area contributed by atoms with Gasteiger partial charge in [-0.25, -0.2) is 0 Å². The highest BCUT2D eigenvalue weighted by Gasteiger charge is 2.11. The van der Waals surface area contributed by atoms with E-state index in [1.165, 1.54) is 0 Å². The largest absolute Gasteiger partial charge is 0.271 e. The highest BCUT2D eigenvalue weighted by molar-refractivity contribution is 7.99. The number of aromatic nitrogens is 2. The summed E-state index contributed by atoms with van der Waals surface area (Å²) in [5.74, 6) is 8.26. The second-order valence-corrected chi connectivity index (χ2v) is 4.86. The first kappa shape index (κ1) is 12.4. The molecule has 1 unspecified atom stereocenters. The Bertz CT molecular complexity index is 265. The molecule has 0 radical (unpaired) electrons. The van der Waals surface area contributed by atoms with Crippen LogP contribution in [0.1, 0.15) is 25.6 Å². The minimum atomic E-state index is 0.0856. The lowest BCUT2D eigenvalue weighted by Crippen LogP contribution is -2.30. The fourth-order valence-corrected chi connectivity index (χ4v) is 2.24. The number of nitrogens with zero attached hydrogens (tertiary/aromatic N) is 2. The van der Waals surface area contributed by atoms with Crippen LogP contribution in [0.4, 0.5) is 0 Å². The molecule has 0 aliphatic heterocycles. The van der Waals surface area contributed by atoms with Gasteiger partial charge < -0.3 is 0 Å². The number of hydrogen-bond acceptors (Lipinski definition) is 5. The Balaban J connectivity index is 2.43. The van der Waals surface area contributed by atoms with Gasteiger partial charge in [-0.2, -0.15) is 11.8 Å². The van der Waals surface area contributed by atoms with Gasteiger partial charge in [0, 0.05) is 18.1 Å². The molecule has 0 bridgehead atoms. The molecule has 1 aromatic rings. The standard InChI is InChI=1S/C10H18N4S/c1-8(2)6-15-7-10(14-11)9-5-12-3-4-13-9/h3-5,8,10,14H,6-7,11H2,1-2H3. The highest BCUT2D eigenvalue weighted by atomic mass is 32.2. The van der Waals surface area contributed by atoms with E-state index in [0.717, 1.165) is 17.2 Å². The topological polar surface area (TPSA) is 63.8 Å². The van der Waals surface area contributed by atoms with E-state index in [0.29, 0.717) is 5.92 Å². The monoisotopic (exact) mass is 226 g/mol. The minimum absolute atomic E-state index is 0.0856. The summed E-state index contributed by atoms with van der Waals surface area (Å²) in [6.07, 6.45) is 5.10. The summed E-state index contributed by atoms with van der Waals surface area (Å²) >= 11 is 1.88. The molecule has 0 aromatic carbocycles. The fourth-order valence-electron chi connectivity index (χ4n) is 1.13. The summed E-state index contributed by atoms with van der Waals surface area (Å²) in [6, 6.07) is 0.0856. The molecule has 0 saturated carbocycles. The molecule has 0 aliphatic carbocycles. The van der Waals surface area contributed by atoms with Gasteiger partial charge in [0.05, 0.1) is 17.9 Å². The van der Waals surface area contributed by atoms with Crippen molar-refractivity contribution >= 4 is 11.8 Å². The van der Waals surface area contributed by atoms with Gasteiger partial charge in [-0.15, -0.1) is 0 Å². The van der Waals surface area contributed by atoms with Crippen molar-refractivity contribution < 1.29 is 0 Å². The zero-order chi connectivity index (χ0) is 11.1. The van der Waals surface area contributed by atoms with Crippen molar-refractivity contribution in [3.63, 3.8) is 0 Å². The van der Waals surface area contributed by atoms with Crippen LogP contribution in [-0.4, -0.2) is 21.5 Å². The van der Waals surface area contributed by atoms with E-state index in [-0.39, 0.29) is 6.04 Å². The maximum Gasteiger partial charge on any atom is 0.0777 e. The van der Waals surface area contributed by atoms with Crippen LogP contribution in [0.15, 0.2) is 18.6 Å². The van der Waals surface area contributed by atoms with Crippen molar-refractivity contribution in [1.29, 1.82) is 0 Å². The quantitative estimate of drug-likeness (QED) is 0.566. The highest BCUT2D eigenvalue weighted by Crippen LogP contribution is 2.16. The summed E-state index contributed by atoms with van der Waals surface area (Å²) in [5.41, 5.74) is 3.67. The molecule has 1 rings (SSSR count). The first-order valence-corrected chi connectivity index (χ1v) is 6.19. The van der Waals surface area contributed by atoms with Crippen LogP contribution in [0.5, 0.6) is 0 Å². The molecule has 0 amide bonds. The molecule has 1 aromatic heterocycles. The number of nitrogens with two attached hydrogens (primary N) is 1. The molecule has 84 valence electrons. The summed E-state index contributed by atoms with van der Waals surface area (Å²) in [4.78, 5) is 8.26. The van der Waals surface area contributed by atoms with E-state index in [2.05, 4.69) is 29.2 Å². The van der Waals surface area contributed by atoms with E-state index in [1.54, 1.807) is 18.6 Å². The zero-order valence-corrected chi connectivity index (χ0v) is 10.00. The van der Waals surface area contributed by atoms with Crippen molar-refractivity contribution in [2.45, 2.75) is 19.9 Å². The minimum Gasteiger partial charge on any atom is -0.271 e. The predicted octanol–water partition coefficient (Wildman–Crippen LogP) is 1.37. The molecular formula is C10H18N4S. The number of hydrazine groups is 1. The van der Waals surface area contributed by atoms with E-state index in [1.807, 2.05) is 11.8 Å². The smallest absolute Gasteiger partial charge is 0.0777 e. The molecule has 0 spiro atoms. The molecule has 0 saturated heterocycles. The number of nitrogens with one attached hydrogen (secondary N) is 1. The number of thioether (sulfide) groups is 1. The van der Waals surface area contributed by atoms with E-state index < -0.39 is 0 Å². The van der Waals surface area contributed by atoms with Gasteiger partial charge in [-0.05, 0) is 11.7 Å². The summed E-state index contributed by atoms with van der Waals surface area (Å²) in [7, 11) is 0. The van der Waals surface area contributed by atoms with Crippen LogP contribution in [0, 0.1) is 5.92 Å². The third-order valence-corrected chi connectivity index (χ3v) is 3.35. The summed E-state index contributed by atoms with van der Waals surface area (Å²) in [5, 5.41) is 0. The predicted molar refractivity (Wildman–Crippen MR) is 64.3 cm³/mol. The molecule has 0 fully saturated rings. The molecule has 1 heterocycles. The van der Waals surface area contributed by atoms with Crippen molar-refractivity contribution in [1.82, 2.24) is 15.4 Å². The van der Waals surface area contributed by atoms with Crippen LogP contribution in [0.2, 0.25) is 0 Å². The van der Waals surface area contributed by atoms with Gasteiger partial charge >= 0.3 is 0 Å². The van der Waals surface area contributed by atoms with Gasteiger partial charge in [0.1, 0.15) is 0 Å². The molecule has 1 atom stereocenters.